The summed E-state index contributed by atoms with van der Waals surface area (Å²) in [4.78, 5) is 21.1. The van der Waals surface area contributed by atoms with Crippen molar-refractivity contribution >= 4 is 12.2 Å². The molecule has 0 N–H and O–H groups in total. The molecule has 0 aliphatic rings. The molecule has 0 saturated heterocycles. The smallest absolute Gasteiger partial charge is 0.209 e. The van der Waals surface area contributed by atoms with Gasteiger partial charge in [0.25, 0.3) is 0 Å². The van der Waals surface area contributed by atoms with E-state index in [0.29, 0.717) is 5.92 Å². The molecule has 1 amide bonds. The molecule has 0 aromatic carbocycles. The Morgan fingerprint density at radius 3 is 1.75 bits per heavy atom. The van der Waals surface area contributed by atoms with Gasteiger partial charge in [0.2, 0.25) is 6.41 Å². The van der Waals surface area contributed by atoms with Crippen molar-refractivity contribution in [3.63, 3.8) is 0 Å². The lowest BCUT2D eigenvalue weighted by Crippen LogP contribution is -2.06. The van der Waals surface area contributed by atoms with Crippen molar-refractivity contribution in [2.45, 2.75) is 27.2 Å². The fourth-order valence-electron chi connectivity index (χ4n) is 0.575. The first-order valence-electron chi connectivity index (χ1n) is 4.01. The standard InChI is InChI=1S/C6H12O.C3H7NO/c1-5(2)4-6(3)7;1-4(2)3-5/h5H,4H2,1-3H3;3H,1-2H3. The molecule has 0 aliphatic heterocycles. The number of hydrogen-bond donors (Lipinski definition) is 0. The van der Waals surface area contributed by atoms with Gasteiger partial charge < -0.3 is 9.69 Å². The van der Waals surface area contributed by atoms with Crippen LogP contribution in [0.3, 0.4) is 0 Å². The predicted molar refractivity (Wildman–Crippen MR) is 49.9 cm³/mol. The zero-order chi connectivity index (χ0) is 10.1. The molecule has 72 valence electrons. The molecular weight excluding hydrogens is 154 g/mol. The third-order valence-electron chi connectivity index (χ3n) is 0.907. The van der Waals surface area contributed by atoms with Gasteiger partial charge in [0.1, 0.15) is 5.78 Å². The highest BCUT2D eigenvalue weighted by molar-refractivity contribution is 5.75. The minimum Gasteiger partial charge on any atom is -0.351 e. The lowest BCUT2D eigenvalue weighted by atomic mass is 10.1. The van der Waals surface area contributed by atoms with Gasteiger partial charge in [-0.25, -0.2) is 0 Å². The molecule has 12 heavy (non-hydrogen) atoms. The van der Waals surface area contributed by atoms with E-state index in [2.05, 4.69) is 0 Å². The molecule has 0 aliphatic carbocycles. The average molecular weight is 173 g/mol. The molecule has 0 atom stereocenters. The normalized spacial score (nSPS) is 8.50. The van der Waals surface area contributed by atoms with Crippen LogP contribution in [0.5, 0.6) is 0 Å². The van der Waals surface area contributed by atoms with Crippen LogP contribution >= 0.6 is 0 Å². The van der Waals surface area contributed by atoms with E-state index in [-0.39, 0.29) is 5.78 Å². The van der Waals surface area contributed by atoms with Gasteiger partial charge in [-0.05, 0) is 12.8 Å². The van der Waals surface area contributed by atoms with E-state index in [9.17, 15) is 9.59 Å². The Hall–Kier alpha value is -0.860. The number of Topliss-reactive ketones (excluding diaryl/α,β-unsaturated/α-hetero) is 1. The number of nitrogens with zero attached hydrogens (tertiary/aromatic N) is 1. The number of amides is 1. The molecule has 0 unspecified atom stereocenters. The van der Waals surface area contributed by atoms with Crippen LogP contribution in [0.15, 0.2) is 0 Å². The van der Waals surface area contributed by atoms with Gasteiger partial charge in [-0.1, -0.05) is 13.8 Å². The van der Waals surface area contributed by atoms with Gasteiger partial charge in [0, 0.05) is 20.5 Å². The largest absolute Gasteiger partial charge is 0.351 e. The van der Waals surface area contributed by atoms with Gasteiger partial charge in [-0.15, -0.1) is 0 Å². The number of ketones is 1. The van der Waals surface area contributed by atoms with Crippen molar-refractivity contribution < 1.29 is 9.59 Å². The minimum atomic E-state index is 0.287. The average Bonchev–Trinajstić information content (AvgIpc) is 1.85. The molecule has 0 aromatic heterocycles. The fourth-order valence-corrected chi connectivity index (χ4v) is 0.575. The van der Waals surface area contributed by atoms with Crippen LogP contribution in [0.1, 0.15) is 27.2 Å². The predicted octanol–water partition coefficient (Wildman–Crippen LogP) is 1.33. The van der Waals surface area contributed by atoms with E-state index in [1.54, 1.807) is 21.0 Å². The summed E-state index contributed by atoms with van der Waals surface area (Å²) in [5, 5.41) is 0. The van der Waals surface area contributed by atoms with Crippen molar-refractivity contribution in [2.75, 3.05) is 14.1 Å². The van der Waals surface area contributed by atoms with Crippen molar-refractivity contribution in [2.24, 2.45) is 5.92 Å². The monoisotopic (exact) mass is 173 g/mol. The van der Waals surface area contributed by atoms with Gasteiger partial charge in [-0.3, -0.25) is 4.79 Å². The molecule has 3 heteroatoms. The highest BCUT2D eigenvalue weighted by Crippen LogP contribution is 1.97. The second kappa shape index (κ2) is 8.24. The molecule has 0 radical (unpaired) electrons. The molecule has 0 spiro atoms. The van der Waals surface area contributed by atoms with E-state index in [4.69, 9.17) is 0 Å². The molecule has 0 fully saturated rings. The van der Waals surface area contributed by atoms with Crippen LogP contribution in [0.4, 0.5) is 0 Å². The van der Waals surface area contributed by atoms with Crippen LogP contribution in [-0.4, -0.2) is 31.2 Å². The highest BCUT2D eigenvalue weighted by Gasteiger charge is 1.95. The summed E-state index contributed by atoms with van der Waals surface area (Å²) in [5.74, 6) is 0.813. The zero-order valence-corrected chi connectivity index (χ0v) is 8.63. The van der Waals surface area contributed by atoms with Gasteiger partial charge in [0.15, 0.2) is 0 Å². The molecule has 3 nitrogen and oxygen atoms in total. The summed E-state index contributed by atoms with van der Waals surface area (Å²) in [6.07, 6.45) is 1.47. The molecule has 0 rings (SSSR count). The van der Waals surface area contributed by atoms with Crippen LogP contribution in [0, 0.1) is 5.92 Å². The topological polar surface area (TPSA) is 37.4 Å². The third-order valence-corrected chi connectivity index (χ3v) is 0.907. The first kappa shape index (κ1) is 13.7. The number of carbonyl (C=O) groups is 2. The fraction of sp³-hybridized carbons (Fsp3) is 0.778. The van der Waals surface area contributed by atoms with Crippen LogP contribution < -0.4 is 0 Å². The van der Waals surface area contributed by atoms with E-state index < -0.39 is 0 Å². The van der Waals surface area contributed by atoms with Crippen molar-refractivity contribution in [3.05, 3.63) is 0 Å². The lowest BCUT2D eigenvalue weighted by molar-refractivity contribution is -0.117. The lowest BCUT2D eigenvalue weighted by Gasteiger charge is -1.95. The Labute approximate surface area is 74.7 Å². The summed E-state index contributed by atoms with van der Waals surface area (Å²) in [6, 6.07) is 0. The first-order valence-corrected chi connectivity index (χ1v) is 4.01. The van der Waals surface area contributed by atoms with E-state index in [1.165, 1.54) is 4.90 Å². The molecular formula is C9H19NO2. The SMILES string of the molecule is CC(=O)CC(C)C.CN(C)C=O. The molecule has 0 heterocycles. The summed E-state index contributed by atoms with van der Waals surface area (Å²) >= 11 is 0. The molecule has 0 aromatic rings. The van der Waals surface area contributed by atoms with E-state index in [1.807, 2.05) is 13.8 Å². The Morgan fingerprint density at radius 1 is 1.42 bits per heavy atom. The summed E-state index contributed by atoms with van der Waals surface area (Å²) in [6.45, 7) is 5.71. The van der Waals surface area contributed by atoms with Crippen molar-refractivity contribution in [1.82, 2.24) is 4.90 Å². The maximum atomic E-state index is 10.3. The maximum absolute atomic E-state index is 10.3. The summed E-state index contributed by atoms with van der Waals surface area (Å²) in [7, 11) is 3.38. The van der Waals surface area contributed by atoms with Crippen molar-refractivity contribution in [1.29, 1.82) is 0 Å². The van der Waals surface area contributed by atoms with Gasteiger partial charge >= 0.3 is 0 Å². The second-order valence-electron chi connectivity index (χ2n) is 3.37. The van der Waals surface area contributed by atoms with Crippen molar-refractivity contribution in [3.8, 4) is 0 Å². The Kier molecular flexibility index (Phi) is 9.41. The highest BCUT2D eigenvalue weighted by atomic mass is 16.1. The maximum Gasteiger partial charge on any atom is 0.209 e. The van der Waals surface area contributed by atoms with E-state index >= 15 is 0 Å². The second-order valence-corrected chi connectivity index (χ2v) is 3.37. The Bertz CT molecular complexity index is 130. The Balaban J connectivity index is 0. The van der Waals surface area contributed by atoms with Crippen LogP contribution in [-0.2, 0) is 9.59 Å². The quantitative estimate of drug-likeness (QED) is 0.604. The number of rotatable bonds is 3. The first-order chi connectivity index (χ1) is 5.40. The van der Waals surface area contributed by atoms with Crippen LogP contribution in [0.25, 0.3) is 0 Å². The van der Waals surface area contributed by atoms with E-state index in [0.717, 1.165) is 12.8 Å². The third kappa shape index (κ3) is 22.9. The zero-order valence-electron chi connectivity index (χ0n) is 8.63. The Morgan fingerprint density at radius 2 is 1.75 bits per heavy atom. The van der Waals surface area contributed by atoms with Crippen LogP contribution in [0.2, 0.25) is 0 Å². The summed E-state index contributed by atoms with van der Waals surface area (Å²) < 4.78 is 0. The summed E-state index contributed by atoms with van der Waals surface area (Å²) in [5.41, 5.74) is 0. The number of hydrogen-bond acceptors (Lipinski definition) is 2. The molecule has 0 saturated carbocycles. The van der Waals surface area contributed by atoms with Gasteiger partial charge in [-0.2, -0.15) is 0 Å². The van der Waals surface area contributed by atoms with Gasteiger partial charge in [0.05, 0.1) is 0 Å². The minimum absolute atomic E-state index is 0.287. The number of carbonyl (C=O) groups excluding carboxylic acids is 2. The molecule has 0 bridgehead atoms.